The van der Waals surface area contributed by atoms with Gasteiger partial charge in [-0.25, -0.2) is 4.98 Å². The second-order valence-corrected chi connectivity index (χ2v) is 7.09. The maximum absolute atomic E-state index is 4.45. The highest BCUT2D eigenvalue weighted by Crippen LogP contribution is 2.39. The Balaban J connectivity index is 1.95. The van der Waals surface area contributed by atoms with Gasteiger partial charge in [0, 0.05) is 32.5 Å². The van der Waals surface area contributed by atoms with Gasteiger partial charge in [0.2, 0.25) is 0 Å². The van der Waals surface area contributed by atoms with Crippen LogP contribution in [0.15, 0.2) is 12.4 Å². The zero-order valence-electron chi connectivity index (χ0n) is 14.2. The van der Waals surface area contributed by atoms with E-state index in [1.54, 1.807) is 0 Å². The smallest absolute Gasteiger partial charge is 0.122 e. The molecule has 0 unspecified atom stereocenters. The van der Waals surface area contributed by atoms with Crippen LogP contribution in [0.2, 0.25) is 0 Å². The molecule has 1 heterocycles. The van der Waals surface area contributed by atoms with Gasteiger partial charge in [0.1, 0.15) is 5.82 Å². The van der Waals surface area contributed by atoms with Crippen LogP contribution in [0.1, 0.15) is 45.4 Å². The third-order valence-corrected chi connectivity index (χ3v) is 5.02. The Bertz CT molecular complexity index is 413. The minimum Gasteiger partial charge on any atom is -0.337 e. The van der Waals surface area contributed by atoms with Crippen LogP contribution in [0.25, 0.3) is 0 Å². The molecule has 0 atom stereocenters. The molecule has 0 amide bonds. The molecule has 2 rings (SSSR count). The Labute approximate surface area is 129 Å². The van der Waals surface area contributed by atoms with Gasteiger partial charge in [-0.3, -0.25) is 4.90 Å². The number of rotatable bonds is 7. The van der Waals surface area contributed by atoms with Gasteiger partial charge < -0.3 is 9.88 Å². The summed E-state index contributed by atoms with van der Waals surface area (Å²) < 4.78 is 2.12. The molecule has 1 aromatic rings. The first-order valence-corrected chi connectivity index (χ1v) is 8.40. The summed E-state index contributed by atoms with van der Waals surface area (Å²) in [7, 11) is 4.31. The second kappa shape index (κ2) is 7.41. The number of nitrogens with one attached hydrogen (secondary N) is 1. The molecule has 0 radical (unpaired) electrons. The van der Waals surface area contributed by atoms with E-state index in [0.29, 0.717) is 5.41 Å². The van der Waals surface area contributed by atoms with E-state index >= 15 is 0 Å². The Morgan fingerprint density at radius 3 is 2.71 bits per heavy atom. The van der Waals surface area contributed by atoms with Crippen LogP contribution < -0.4 is 5.32 Å². The highest BCUT2D eigenvalue weighted by atomic mass is 15.2. The minimum atomic E-state index is 0.447. The Morgan fingerprint density at radius 2 is 2.14 bits per heavy atom. The number of hydrogen-bond acceptors (Lipinski definition) is 3. The first-order valence-electron chi connectivity index (χ1n) is 8.40. The average molecular weight is 292 g/mol. The molecular formula is C17H32N4. The number of hydrogen-bond donors (Lipinski definition) is 1. The molecule has 1 N–H and O–H groups in total. The highest BCUT2D eigenvalue weighted by Gasteiger charge is 2.34. The summed E-state index contributed by atoms with van der Waals surface area (Å²) >= 11 is 0. The molecule has 1 aliphatic rings. The molecule has 0 aromatic carbocycles. The first kappa shape index (κ1) is 16.5. The van der Waals surface area contributed by atoms with E-state index < -0.39 is 0 Å². The van der Waals surface area contributed by atoms with E-state index in [1.807, 2.05) is 12.4 Å². The summed E-state index contributed by atoms with van der Waals surface area (Å²) in [5.74, 6) is 2.06. The monoisotopic (exact) mass is 292 g/mol. The van der Waals surface area contributed by atoms with Crippen molar-refractivity contribution in [3.8, 4) is 0 Å². The molecule has 1 fully saturated rings. The van der Waals surface area contributed by atoms with E-state index in [4.69, 9.17) is 0 Å². The molecule has 120 valence electrons. The maximum Gasteiger partial charge on any atom is 0.122 e. The lowest BCUT2D eigenvalue weighted by Gasteiger charge is -2.42. The quantitative estimate of drug-likeness (QED) is 0.839. The molecule has 1 saturated carbocycles. The standard InChI is InChI=1S/C17H32N4/c1-5-18-13-17(8-6-15(2)7-9-17)14-20(3)12-16-19-10-11-21(16)4/h10-11,15,18H,5-9,12-14H2,1-4H3. The fraction of sp³-hybridized carbons (Fsp3) is 0.824. The summed E-state index contributed by atoms with van der Waals surface area (Å²) in [4.78, 5) is 6.91. The van der Waals surface area contributed by atoms with Crippen molar-refractivity contribution in [2.75, 3.05) is 26.7 Å². The van der Waals surface area contributed by atoms with Crippen LogP contribution in [-0.2, 0) is 13.6 Å². The van der Waals surface area contributed by atoms with Crippen LogP contribution in [-0.4, -0.2) is 41.1 Å². The third kappa shape index (κ3) is 4.55. The van der Waals surface area contributed by atoms with Crippen LogP contribution in [0.5, 0.6) is 0 Å². The van der Waals surface area contributed by atoms with Gasteiger partial charge in [-0.1, -0.05) is 26.7 Å². The summed E-state index contributed by atoms with van der Waals surface area (Å²) in [6.07, 6.45) is 9.38. The van der Waals surface area contributed by atoms with Crippen molar-refractivity contribution in [1.82, 2.24) is 19.8 Å². The fourth-order valence-electron chi connectivity index (χ4n) is 3.57. The first-order chi connectivity index (χ1) is 10.0. The van der Waals surface area contributed by atoms with Gasteiger partial charge in [0.15, 0.2) is 0 Å². The zero-order chi connectivity index (χ0) is 15.3. The fourth-order valence-corrected chi connectivity index (χ4v) is 3.57. The van der Waals surface area contributed by atoms with Crippen molar-refractivity contribution in [3.63, 3.8) is 0 Å². The van der Waals surface area contributed by atoms with Crippen molar-refractivity contribution in [2.24, 2.45) is 18.4 Å². The van der Waals surface area contributed by atoms with E-state index in [-0.39, 0.29) is 0 Å². The molecule has 0 spiro atoms. The molecule has 0 aliphatic heterocycles. The SMILES string of the molecule is CCNCC1(CN(C)Cc2nccn2C)CCC(C)CC1. The van der Waals surface area contributed by atoms with Crippen molar-refractivity contribution < 1.29 is 0 Å². The summed E-state index contributed by atoms with van der Waals surface area (Å²) in [5.41, 5.74) is 0.447. The van der Waals surface area contributed by atoms with Gasteiger partial charge in [0.05, 0.1) is 6.54 Å². The van der Waals surface area contributed by atoms with Crippen molar-refractivity contribution >= 4 is 0 Å². The lowest BCUT2D eigenvalue weighted by atomic mass is 9.70. The minimum absolute atomic E-state index is 0.447. The number of aryl methyl sites for hydroxylation is 1. The van der Waals surface area contributed by atoms with E-state index in [1.165, 1.54) is 32.2 Å². The topological polar surface area (TPSA) is 33.1 Å². The van der Waals surface area contributed by atoms with Crippen LogP contribution in [0, 0.1) is 11.3 Å². The van der Waals surface area contributed by atoms with Gasteiger partial charge in [-0.05, 0) is 37.8 Å². The largest absolute Gasteiger partial charge is 0.337 e. The summed E-state index contributed by atoms with van der Waals surface area (Å²) in [6, 6.07) is 0. The predicted octanol–water partition coefficient (Wildman–Crippen LogP) is 2.66. The molecule has 4 heteroatoms. The van der Waals surface area contributed by atoms with E-state index in [2.05, 4.69) is 47.7 Å². The van der Waals surface area contributed by atoms with Crippen molar-refractivity contribution in [3.05, 3.63) is 18.2 Å². The Kier molecular flexibility index (Phi) is 5.82. The maximum atomic E-state index is 4.45. The van der Waals surface area contributed by atoms with Crippen LogP contribution in [0.3, 0.4) is 0 Å². The molecule has 1 aliphatic carbocycles. The van der Waals surface area contributed by atoms with E-state index in [9.17, 15) is 0 Å². The average Bonchev–Trinajstić information content (AvgIpc) is 2.85. The van der Waals surface area contributed by atoms with E-state index in [0.717, 1.165) is 31.4 Å². The normalized spacial score (nSPS) is 26.4. The number of nitrogens with zero attached hydrogens (tertiary/aromatic N) is 3. The van der Waals surface area contributed by atoms with Crippen molar-refractivity contribution in [1.29, 1.82) is 0 Å². The lowest BCUT2D eigenvalue weighted by Crippen LogP contribution is -2.45. The molecular weight excluding hydrogens is 260 g/mol. The predicted molar refractivity (Wildman–Crippen MR) is 88.2 cm³/mol. The van der Waals surface area contributed by atoms with Gasteiger partial charge >= 0.3 is 0 Å². The van der Waals surface area contributed by atoms with Gasteiger partial charge in [-0.15, -0.1) is 0 Å². The highest BCUT2D eigenvalue weighted by molar-refractivity contribution is 4.93. The number of aromatic nitrogens is 2. The van der Waals surface area contributed by atoms with Crippen LogP contribution >= 0.6 is 0 Å². The molecule has 21 heavy (non-hydrogen) atoms. The lowest BCUT2D eigenvalue weighted by molar-refractivity contribution is 0.0949. The van der Waals surface area contributed by atoms with Crippen LogP contribution in [0.4, 0.5) is 0 Å². The molecule has 1 aromatic heterocycles. The number of imidazole rings is 1. The zero-order valence-corrected chi connectivity index (χ0v) is 14.2. The molecule has 4 nitrogen and oxygen atoms in total. The molecule has 0 bridgehead atoms. The van der Waals surface area contributed by atoms with Crippen molar-refractivity contribution in [2.45, 2.75) is 46.1 Å². The summed E-state index contributed by atoms with van der Waals surface area (Å²) in [5, 5.41) is 3.60. The Morgan fingerprint density at radius 1 is 1.43 bits per heavy atom. The Hall–Kier alpha value is -0.870. The second-order valence-electron chi connectivity index (χ2n) is 7.09. The third-order valence-electron chi connectivity index (χ3n) is 5.02. The van der Waals surface area contributed by atoms with Gasteiger partial charge in [0.25, 0.3) is 0 Å². The summed E-state index contributed by atoms with van der Waals surface area (Å²) in [6.45, 7) is 8.93. The molecule has 0 saturated heterocycles. The van der Waals surface area contributed by atoms with Gasteiger partial charge in [-0.2, -0.15) is 0 Å².